The minimum Gasteiger partial charge on any atom is -0.396 e. The number of rotatable bonds is 7. The highest BCUT2D eigenvalue weighted by Crippen LogP contribution is 2.07. The van der Waals surface area contributed by atoms with Crippen LogP contribution in [0.2, 0.25) is 0 Å². The fraction of sp³-hybridized carbons (Fsp3) is 0.500. The summed E-state index contributed by atoms with van der Waals surface area (Å²) in [6.07, 6.45) is 1.19. The van der Waals surface area contributed by atoms with E-state index in [1.165, 1.54) is 0 Å². The van der Waals surface area contributed by atoms with Crippen molar-refractivity contribution in [2.24, 2.45) is 0 Å². The molecule has 0 fully saturated rings. The van der Waals surface area contributed by atoms with Crippen LogP contribution in [0.25, 0.3) is 0 Å². The third kappa shape index (κ3) is 4.93. The molecule has 3 nitrogen and oxygen atoms in total. The zero-order valence-corrected chi connectivity index (χ0v) is 8.80. The summed E-state index contributed by atoms with van der Waals surface area (Å²) in [5.41, 5.74) is 1.10. The molecule has 0 radical (unpaired) electrons. The van der Waals surface area contributed by atoms with Crippen molar-refractivity contribution in [3.05, 3.63) is 35.9 Å². The third-order valence-electron chi connectivity index (χ3n) is 2.22. The molecule has 2 N–H and O–H groups in total. The standard InChI is InChI=1S/C12H18O3/c13-8-4-7-12(9-14)15-10-11-5-2-1-3-6-11/h1-3,5-6,12-14H,4,7-10H2/t12-/m0/s1. The van der Waals surface area contributed by atoms with Gasteiger partial charge in [0.2, 0.25) is 0 Å². The highest BCUT2D eigenvalue weighted by atomic mass is 16.5. The number of ether oxygens (including phenoxy) is 1. The molecule has 1 aromatic rings. The number of aliphatic hydroxyl groups is 2. The van der Waals surface area contributed by atoms with Gasteiger partial charge in [-0.3, -0.25) is 0 Å². The average Bonchev–Trinajstić information content (AvgIpc) is 2.31. The Kier molecular flexibility index (Phi) is 6.00. The number of aliphatic hydroxyl groups excluding tert-OH is 2. The summed E-state index contributed by atoms with van der Waals surface area (Å²) in [5.74, 6) is 0. The molecular weight excluding hydrogens is 192 g/mol. The summed E-state index contributed by atoms with van der Waals surface area (Å²) in [7, 11) is 0. The monoisotopic (exact) mass is 210 g/mol. The summed E-state index contributed by atoms with van der Waals surface area (Å²) in [6, 6.07) is 9.85. The predicted molar refractivity (Wildman–Crippen MR) is 58.4 cm³/mol. The second-order valence-corrected chi connectivity index (χ2v) is 3.47. The zero-order valence-electron chi connectivity index (χ0n) is 8.80. The van der Waals surface area contributed by atoms with Gasteiger partial charge in [0.15, 0.2) is 0 Å². The molecule has 0 unspecified atom stereocenters. The van der Waals surface area contributed by atoms with Gasteiger partial charge in [0.05, 0.1) is 19.3 Å². The van der Waals surface area contributed by atoms with Gasteiger partial charge < -0.3 is 14.9 Å². The number of hydrogen-bond acceptors (Lipinski definition) is 3. The smallest absolute Gasteiger partial charge is 0.0811 e. The molecule has 0 heterocycles. The Morgan fingerprint density at radius 1 is 1.13 bits per heavy atom. The second kappa shape index (κ2) is 7.40. The fourth-order valence-electron chi connectivity index (χ4n) is 1.33. The van der Waals surface area contributed by atoms with E-state index in [9.17, 15) is 0 Å². The predicted octanol–water partition coefficient (Wildman–Crippen LogP) is 1.34. The SMILES string of the molecule is OCCC[C@@H](CO)OCc1ccccc1. The second-order valence-electron chi connectivity index (χ2n) is 3.47. The molecule has 1 atom stereocenters. The van der Waals surface area contributed by atoms with Crippen LogP contribution in [-0.4, -0.2) is 29.5 Å². The molecular formula is C12H18O3. The first kappa shape index (κ1) is 12.2. The quantitative estimate of drug-likeness (QED) is 0.714. The van der Waals surface area contributed by atoms with E-state index >= 15 is 0 Å². The van der Waals surface area contributed by atoms with Crippen LogP contribution in [0.3, 0.4) is 0 Å². The Morgan fingerprint density at radius 3 is 2.47 bits per heavy atom. The van der Waals surface area contributed by atoms with Crippen molar-refractivity contribution in [3.8, 4) is 0 Å². The topological polar surface area (TPSA) is 49.7 Å². The van der Waals surface area contributed by atoms with E-state index in [0.717, 1.165) is 5.56 Å². The van der Waals surface area contributed by atoms with Crippen molar-refractivity contribution in [1.29, 1.82) is 0 Å². The largest absolute Gasteiger partial charge is 0.396 e. The first-order valence-electron chi connectivity index (χ1n) is 5.24. The van der Waals surface area contributed by atoms with Crippen LogP contribution >= 0.6 is 0 Å². The zero-order chi connectivity index (χ0) is 10.9. The van der Waals surface area contributed by atoms with E-state index in [-0.39, 0.29) is 19.3 Å². The van der Waals surface area contributed by atoms with Crippen molar-refractivity contribution in [2.45, 2.75) is 25.6 Å². The van der Waals surface area contributed by atoms with Gasteiger partial charge in [-0.15, -0.1) is 0 Å². The number of benzene rings is 1. The molecule has 15 heavy (non-hydrogen) atoms. The van der Waals surface area contributed by atoms with Crippen LogP contribution < -0.4 is 0 Å². The lowest BCUT2D eigenvalue weighted by atomic mass is 10.2. The Hall–Kier alpha value is -0.900. The lowest BCUT2D eigenvalue weighted by molar-refractivity contribution is -0.00528. The van der Waals surface area contributed by atoms with Gasteiger partial charge in [-0.25, -0.2) is 0 Å². The normalized spacial score (nSPS) is 12.7. The van der Waals surface area contributed by atoms with Gasteiger partial charge in [-0.2, -0.15) is 0 Å². The molecule has 84 valence electrons. The highest BCUT2D eigenvalue weighted by Gasteiger charge is 2.06. The molecule has 0 saturated heterocycles. The first-order chi connectivity index (χ1) is 7.36. The van der Waals surface area contributed by atoms with Gasteiger partial charge in [-0.05, 0) is 18.4 Å². The molecule has 0 aromatic heterocycles. The Labute approximate surface area is 90.3 Å². The molecule has 3 heteroatoms. The molecule has 0 aliphatic carbocycles. The number of hydrogen-bond donors (Lipinski definition) is 2. The molecule has 1 aromatic carbocycles. The Morgan fingerprint density at radius 2 is 1.87 bits per heavy atom. The van der Waals surface area contributed by atoms with Crippen LogP contribution in [0.1, 0.15) is 18.4 Å². The van der Waals surface area contributed by atoms with Crippen molar-refractivity contribution in [1.82, 2.24) is 0 Å². The lowest BCUT2D eigenvalue weighted by Gasteiger charge is -2.14. The van der Waals surface area contributed by atoms with E-state index in [2.05, 4.69) is 0 Å². The maximum Gasteiger partial charge on any atom is 0.0811 e. The van der Waals surface area contributed by atoms with Crippen molar-refractivity contribution in [3.63, 3.8) is 0 Å². The van der Waals surface area contributed by atoms with Crippen molar-refractivity contribution in [2.75, 3.05) is 13.2 Å². The van der Waals surface area contributed by atoms with Gasteiger partial charge in [0, 0.05) is 6.61 Å². The van der Waals surface area contributed by atoms with Crippen molar-refractivity contribution >= 4 is 0 Å². The maximum absolute atomic E-state index is 9.02. The van der Waals surface area contributed by atoms with Gasteiger partial charge in [-0.1, -0.05) is 30.3 Å². The van der Waals surface area contributed by atoms with Crippen LogP contribution in [-0.2, 0) is 11.3 Å². The van der Waals surface area contributed by atoms with Crippen LogP contribution in [0.5, 0.6) is 0 Å². The molecule has 0 spiro atoms. The van der Waals surface area contributed by atoms with Gasteiger partial charge in [0.1, 0.15) is 0 Å². The van der Waals surface area contributed by atoms with E-state index in [0.29, 0.717) is 19.4 Å². The Bertz CT molecular complexity index is 248. The fourth-order valence-corrected chi connectivity index (χ4v) is 1.33. The van der Waals surface area contributed by atoms with Gasteiger partial charge in [0.25, 0.3) is 0 Å². The third-order valence-corrected chi connectivity index (χ3v) is 2.22. The summed E-state index contributed by atoms with van der Waals surface area (Å²) in [5, 5.41) is 17.7. The summed E-state index contributed by atoms with van der Waals surface area (Å²) in [6.45, 7) is 0.662. The summed E-state index contributed by atoms with van der Waals surface area (Å²) in [4.78, 5) is 0. The van der Waals surface area contributed by atoms with Crippen LogP contribution in [0, 0.1) is 0 Å². The van der Waals surface area contributed by atoms with Crippen molar-refractivity contribution < 1.29 is 14.9 Å². The van der Waals surface area contributed by atoms with Crippen LogP contribution in [0.4, 0.5) is 0 Å². The molecule has 0 amide bonds. The van der Waals surface area contributed by atoms with E-state index < -0.39 is 0 Å². The van der Waals surface area contributed by atoms with E-state index in [4.69, 9.17) is 14.9 Å². The lowest BCUT2D eigenvalue weighted by Crippen LogP contribution is -2.18. The minimum absolute atomic E-state index is 0.00678. The van der Waals surface area contributed by atoms with E-state index in [1.807, 2.05) is 30.3 Å². The van der Waals surface area contributed by atoms with Crippen LogP contribution in [0.15, 0.2) is 30.3 Å². The molecule has 1 rings (SSSR count). The average molecular weight is 210 g/mol. The molecule has 0 aliphatic heterocycles. The minimum atomic E-state index is -0.169. The van der Waals surface area contributed by atoms with Gasteiger partial charge >= 0.3 is 0 Å². The highest BCUT2D eigenvalue weighted by molar-refractivity contribution is 5.13. The summed E-state index contributed by atoms with van der Waals surface area (Å²) >= 11 is 0. The maximum atomic E-state index is 9.02. The summed E-state index contributed by atoms with van der Waals surface area (Å²) < 4.78 is 5.52. The molecule has 0 bridgehead atoms. The first-order valence-corrected chi connectivity index (χ1v) is 5.24. The van der Waals surface area contributed by atoms with E-state index in [1.54, 1.807) is 0 Å². The Balaban J connectivity index is 2.28. The molecule has 0 aliphatic rings. The molecule has 0 saturated carbocycles.